The third-order valence-electron chi connectivity index (χ3n) is 4.51. The molecule has 2 aromatic carbocycles. The predicted molar refractivity (Wildman–Crippen MR) is 107 cm³/mol. The van der Waals surface area contributed by atoms with Crippen molar-refractivity contribution < 1.29 is 13.2 Å². The maximum absolute atomic E-state index is 12.9. The third kappa shape index (κ3) is 4.14. The summed E-state index contributed by atoms with van der Waals surface area (Å²) in [4.78, 5) is 14.3. The fraction of sp³-hybridized carbons (Fsp3) is 0.316. The van der Waals surface area contributed by atoms with Crippen molar-refractivity contribution in [2.45, 2.75) is 18.7 Å². The van der Waals surface area contributed by atoms with Crippen molar-refractivity contribution >= 4 is 39.1 Å². The quantitative estimate of drug-likeness (QED) is 0.750. The van der Waals surface area contributed by atoms with Gasteiger partial charge in [0.05, 0.1) is 10.0 Å². The number of hydrogen-bond donors (Lipinski definition) is 0. The van der Waals surface area contributed by atoms with Gasteiger partial charge in [-0.05, 0) is 38.1 Å². The van der Waals surface area contributed by atoms with Crippen molar-refractivity contribution in [2.24, 2.45) is 0 Å². The average molecular weight is 427 g/mol. The molecule has 0 aromatic heterocycles. The molecule has 0 saturated carbocycles. The molecule has 144 valence electrons. The van der Waals surface area contributed by atoms with Crippen LogP contribution in [0.1, 0.15) is 21.5 Å². The maximum atomic E-state index is 12.9. The lowest BCUT2D eigenvalue weighted by atomic mass is 10.1. The highest BCUT2D eigenvalue weighted by Gasteiger charge is 2.33. The molecule has 3 rings (SSSR count). The first-order valence-electron chi connectivity index (χ1n) is 8.52. The summed E-state index contributed by atoms with van der Waals surface area (Å²) >= 11 is 12.1. The van der Waals surface area contributed by atoms with Crippen molar-refractivity contribution in [1.82, 2.24) is 9.21 Å². The fourth-order valence-electron chi connectivity index (χ4n) is 3.27. The standard InChI is InChI=1S/C19H20Cl2N2O3S/c1-13-10-14(2)12-15(11-13)19(24)22-6-8-23(9-7-22)27(25,26)18-16(20)4-3-5-17(18)21/h3-5,10-12H,6-9H2,1-2H3. The van der Waals surface area contributed by atoms with Crippen LogP contribution >= 0.6 is 23.2 Å². The molecule has 1 fully saturated rings. The third-order valence-corrected chi connectivity index (χ3v) is 7.37. The zero-order chi connectivity index (χ0) is 19.8. The second kappa shape index (κ2) is 7.80. The monoisotopic (exact) mass is 426 g/mol. The molecule has 0 aliphatic carbocycles. The smallest absolute Gasteiger partial charge is 0.253 e. The highest BCUT2D eigenvalue weighted by atomic mass is 35.5. The summed E-state index contributed by atoms with van der Waals surface area (Å²) in [7, 11) is -3.82. The Morgan fingerprint density at radius 1 is 0.926 bits per heavy atom. The van der Waals surface area contributed by atoms with Crippen LogP contribution in [-0.4, -0.2) is 49.7 Å². The van der Waals surface area contributed by atoms with E-state index in [1.165, 1.54) is 16.4 Å². The van der Waals surface area contributed by atoms with Crippen molar-refractivity contribution in [3.8, 4) is 0 Å². The molecule has 0 radical (unpaired) electrons. The van der Waals surface area contributed by atoms with E-state index < -0.39 is 10.0 Å². The number of benzene rings is 2. The summed E-state index contributed by atoms with van der Waals surface area (Å²) in [6.07, 6.45) is 0. The van der Waals surface area contributed by atoms with Gasteiger partial charge in [0.15, 0.2) is 0 Å². The molecule has 1 aliphatic heterocycles. The van der Waals surface area contributed by atoms with Crippen LogP contribution in [0.25, 0.3) is 0 Å². The fourth-order valence-corrected chi connectivity index (χ4v) is 5.78. The summed E-state index contributed by atoms with van der Waals surface area (Å²) in [5.74, 6) is -0.0883. The molecule has 0 N–H and O–H groups in total. The van der Waals surface area contributed by atoms with Gasteiger partial charge in [-0.25, -0.2) is 8.42 Å². The molecule has 0 atom stereocenters. The predicted octanol–water partition coefficient (Wildman–Crippen LogP) is 3.76. The van der Waals surface area contributed by atoms with Gasteiger partial charge in [0.2, 0.25) is 10.0 Å². The van der Waals surface area contributed by atoms with E-state index >= 15 is 0 Å². The molecule has 0 unspecified atom stereocenters. The van der Waals surface area contributed by atoms with Crippen LogP contribution in [0.4, 0.5) is 0 Å². The Hall–Kier alpha value is -1.60. The van der Waals surface area contributed by atoms with Gasteiger partial charge in [0.1, 0.15) is 4.90 Å². The van der Waals surface area contributed by atoms with E-state index in [4.69, 9.17) is 23.2 Å². The van der Waals surface area contributed by atoms with Gasteiger partial charge in [0, 0.05) is 31.7 Å². The van der Waals surface area contributed by atoms with Crippen LogP contribution in [0.5, 0.6) is 0 Å². The summed E-state index contributed by atoms with van der Waals surface area (Å²) in [5.41, 5.74) is 2.67. The van der Waals surface area contributed by atoms with E-state index in [1.807, 2.05) is 32.0 Å². The molecule has 8 heteroatoms. The zero-order valence-electron chi connectivity index (χ0n) is 15.1. The van der Waals surface area contributed by atoms with Gasteiger partial charge >= 0.3 is 0 Å². The topological polar surface area (TPSA) is 57.7 Å². The Morgan fingerprint density at radius 3 is 1.96 bits per heavy atom. The molecule has 0 spiro atoms. The van der Waals surface area contributed by atoms with Gasteiger partial charge < -0.3 is 4.90 Å². The first kappa shape index (κ1) is 20.1. The second-order valence-corrected chi connectivity index (χ2v) is 9.31. The highest BCUT2D eigenvalue weighted by Crippen LogP contribution is 2.32. The highest BCUT2D eigenvalue weighted by molar-refractivity contribution is 7.89. The summed E-state index contributed by atoms with van der Waals surface area (Å²) < 4.78 is 27.2. The minimum Gasteiger partial charge on any atom is -0.336 e. The minimum atomic E-state index is -3.82. The number of aryl methyl sites for hydroxylation is 2. The Balaban J connectivity index is 1.76. The van der Waals surface area contributed by atoms with Crippen LogP contribution < -0.4 is 0 Å². The van der Waals surface area contributed by atoms with Crippen molar-refractivity contribution in [3.05, 3.63) is 63.1 Å². The lowest BCUT2D eigenvalue weighted by molar-refractivity contribution is 0.0697. The maximum Gasteiger partial charge on any atom is 0.253 e. The van der Waals surface area contributed by atoms with Gasteiger partial charge in [-0.1, -0.05) is 46.5 Å². The minimum absolute atomic E-state index is 0.0811. The van der Waals surface area contributed by atoms with Gasteiger partial charge in [0.25, 0.3) is 5.91 Å². The number of carbonyl (C=O) groups excluding carboxylic acids is 1. The van der Waals surface area contributed by atoms with Crippen molar-refractivity contribution in [1.29, 1.82) is 0 Å². The van der Waals surface area contributed by atoms with Crippen LogP contribution in [-0.2, 0) is 10.0 Å². The van der Waals surface area contributed by atoms with Crippen LogP contribution in [0.3, 0.4) is 0 Å². The van der Waals surface area contributed by atoms with Crippen LogP contribution in [0.2, 0.25) is 10.0 Å². The molecule has 2 aromatic rings. The van der Waals surface area contributed by atoms with E-state index in [2.05, 4.69) is 0 Å². The molecule has 1 heterocycles. The van der Waals surface area contributed by atoms with Crippen LogP contribution in [0, 0.1) is 13.8 Å². The Bertz CT molecular complexity index is 944. The lowest BCUT2D eigenvalue weighted by Crippen LogP contribution is -2.50. The van der Waals surface area contributed by atoms with Gasteiger partial charge in [-0.15, -0.1) is 0 Å². The molecule has 1 aliphatic rings. The first-order valence-corrected chi connectivity index (χ1v) is 10.7. The Morgan fingerprint density at radius 2 is 1.44 bits per heavy atom. The molecule has 1 saturated heterocycles. The number of halogens is 2. The van der Waals surface area contributed by atoms with Crippen molar-refractivity contribution in [2.75, 3.05) is 26.2 Å². The van der Waals surface area contributed by atoms with Gasteiger partial charge in [-0.3, -0.25) is 4.79 Å². The SMILES string of the molecule is Cc1cc(C)cc(C(=O)N2CCN(S(=O)(=O)c3c(Cl)cccc3Cl)CC2)c1. The van der Waals surface area contributed by atoms with E-state index in [1.54, 1.807) is 11.0 Å². The molecule has 27 heavy (non-hydrogen) atoms. The second-order valence-electron chi connectivity index (χ2n) is 6.62. The number of piperazine rings is 1. The first-order chi connectivity index (χ1) is 12.7. The molecular weight excluding hydrogens is 407 g/mol. The summed E-state index contributed by atoms with van der Waals surface area (Å²) in [5, 5.41) is 0.187. The molecule has 1 amide bonds. The lowest BCUT2D eigenvalue weighted by Gasteiger charge is -2.34. The molecular formula is C19H20Cl2N2O3S. The number of rotatable bonds is 3. The molecule has 0 bridgehead atoms. The van der Waals surface area contributed by atoms with Crippen LogP contribution in [0.15, 0.2) is 41.3 Å². The zero-order valence-corrected chi connectivity index (χ0v) is 17.4. The summed E-state index contributed by atoms with van der Waals surface area (Å²) in [6, 6.07) is 10.3. The summed E-state index contributed by atoms with van der Waals surface area (Å²) in [6.45, 7) is 4.91. The largest absolute Gasteiger partial charge is 0.336 e. The van der Waals surface area contributed by atoms with E-state index in [0.29, 0.717) is 18.7 Å². The van der Waals surface area contributed by atoms with E-state index in [0.717, 1.165) is 11.1 Å². The number of carbonyl (C=O) groups is 1. The number of hydrogen-bond acceptors (Lipinski definition) is 3. The Labute approximate surface area is 169 Å². The average Bonchev–Trinajstić information content (AvgIpc) is 2.60. The van der Waals surface area contributed by atoms with Gasteiger partial charge in [-0.2, -0.15) is 4.31 Å². The van der Waals surface area contributed by atoms with E-state index in [-0.39, 0.29) is 33.9 Å². The Kier molecular flexibility index (Phi) is 5.82. The normalized spacial score (nSPS) is 15.8. The molecule has 5 nitrogen and oxygen atoms in total. The van der Waals surface area contributed by atoms with E-state index in [9.17, 15) is 13.2 Å². The number of amides is 1. The van der Waals surface area contributed by atoms with Crippen molar-refractivity contribution in [3.63, 3.8) is 0 Å². The number of sulfonamides is 1. The number of nitrogens with zero attached hydrogens (tertiary/aromatic N) is 2.